The van der Waals surface area contributed by atoms with Crippen LogP contribution in [0.3, 0.4) is 0 Å². The van der Waals surface area contributed by atoms with E-state index in [1.807, 2.05) is 13.8 Å². The molecular weight excluding hydrogens is 272 g/mol. The zero-order valence-electron chi connectivity index (χ0n) is 12.0. The summed E-state index contributed by atoms with van der Waals surface area (Å²) in [7, 11) is 0. The van der Waals surface area contributed by atoms with Crippen LogP contribution >= 0.6 is 0 Å². The van der Waals surface area contributed by atoms with E-state index in [4.69, 9.17) is 4.52 Å². The lowest BCUT2D eigenvalue weighted by Gasteiger charge is -2.03. The Morgan fingerprint density at radius 2 is 2.43 bits per heavy atom. The summed E-state index contributed by atoms with van der Waals surface area (Å²) >= 11 is 0. The lowest BCUT2D eigenvalue weighted by molar-refractivity contribution is 0.101. The van der Waals surface area contributed by atoms with Crippen molar-refractivity contribution < 1.29 is 9.32 Å². The maximum Gasteiger partial charge on any atom is 0.297 e. The summed E-state index contributed by atoms with van der Waals surface area (Å²) in [6, 6.07) is 0.295. The van der Waals surface area contributed by atoms with E-state index in [0.717, 1.165) is 19.4 Å². The topological polar surface area (TPSA) is 97.9 Å². The van der Waals surface area contributed by atoms with Crippen molar-refractivity contribution in [2.75, 3.05) is 11.9 Å². The molecule has 0 aromatic carbocycles. The summed E-state index contributed by atoms with van der Waals surface area (Å²) in [6.07, 6.45) is 5.38. The summed E-state index contributed by atoms with van der Waals surface area (Å²) in [6.45, 7) is 4.96. The van der Waals surface area contributed by atoms with Gasteiger partial charge in [-0.05, 0) is 33.2 Å². The molecule has 0 radical (unpaired) electrons. The first-order valence-corrected chi connectivity index (χ1v) is 7.06. The predicted octanol–water partition coefficient (Wildman–Crippen LogP) is 1.52. The molecular formula is C13H18N6O2. The third-order valence-corrected chi connectivity index (χ3v) is 3.39. The van der Waals surface area contributed by atoms with Gasteiger partial charge < -0.3 is 15.2 Å². The largest absolute Gasteiger partial charge is 0.337 e. The summed E-state index contributed by atoms with van der Waals surface area (Å²) in [5.41, 5.74) is 0.610. The summed E-state index contributed by atoms with van der Waals surface area (Å²) < 4.78 is 6.91. The van der Waals surface area contributed by atoms with Gasteiger partial charge in [0, 0.05) is 12.2 Å². The number of nitrogens with zero attached hydrogens (tertiary/aromatic N) is 4. The summed E-state index contributed by atoms with van der Waals surface area (Å²) in [4.78, 5) is 16.2. The number of carbonyl (C=O) groups excluding carboxylic acids is 1. The molecule has 1 unspecified atom stereocenters. The number of carbonyl (C=O) groups is 1. The van der Waals surface area contributed by atoms with Gasteiger partial charge in [0.05, 0.1) is 17.9 Å². The van der Waals surface area contributed by atoms with Gasteiger partial charge in [-0.25, -0.2) is 0 Å². The number of aromatic nitrogens is 4. The van der Waals surface area contributed by atoms with E-state index < -0.39 is 5.91 Å². The molecule has 8 nitrogen and oxygen atoms in total. The fourth-order valence-corrected chi connectivity index (χ4v) is 2.24. The Morgan fingerprint density at radius 1 is 1.57 bits per heavy atom. The highest BCUT2D eigenvalue weighted by Crippen LogP contribution is 2.21. The maximum atomic E-state index is 12.1. The van der Waals surface area contributed by atoms with Gasteiger partial charge in [-0.15, -0.1) is 0 Å². The molecule has 3 rings (SSSR count). The molecule has 3 heterocycles. The van der Waals surface area contributed by atoms with Gasteiger partial charge in [-0.3, -0.25) is 9.48 Å². The van der Waals surface area contributed by atoms with E-state index in [1.54, 1.807) is 17.1 Å². The van der Waals surface area contributed by atoms with Crippen LogP contribution in [0.25, 0.3) is 0 Å². The third kappa shape index (κ3) is 2.94. The minimum Gasteiger partial charge on any atom is -0.337 e. The van der Waals surface area contributed by atoms with E-state index >= 15 is 0 Å². The smallest absolute Gasteiger partial charge is 0.297 e. The Bertz CT molecular complexity index is 626. The first-order valence-electron chi connectivity index (χ1n) is 7.06. The second-order valence-corrected chi connectivity index (χ2v) is 5.36. The Morgan fingerprint density at radius 3 is 3.10 bits per heavy atom. The number of nitrogens with one attached hydrogen (secondary N) is 2. The molecule has 2 aromatic heterocycles. The monoisotopic (exact) mass is 290 g/mol. The van der Waals surface area contributed by atoms with Gasteiger partial charge in [-0.1, -0.05) is 5.16 Å². The SMILES string of the molecule is CC(C)n1cc(NC(=O)c2noc(C3CCCN3)n2)cn1. The Hall–Kier alpha value is -2.22. The minimum atomic E-state index is -0.397. The molecule has 0 bridgehead atoms. The van der Waals surface area contributed by atoms with Crippen LogP contribution in [0.4, 0.5) is 5.69 Å². The van der Waals surface area contributed by atoms with Crippen LogP contribution in [0.5, 0.6) is 0 Å². The van der Waals surface area contributed by atoms with Crippen LogP contribution in [0, 0.1) is 0 Å². The lowest BCUT2D eigenvalue weighted by Crippen LogP contribution is -2.15. The summed E-state index contributed by atoms with van der Waals surface area (Å²) in [5.74, 6) is 0.109. The second-order valence-electron chi connectivity index (χ2n) is 5.36. The predicted molar refractivity (Wildman–Crippen MR) is 74.8 cm³/mol. The fraction of sp³-hybridized carbons (Fsp3) is 0.538. The van der Waals surface area contributed by atoms with Crippen molar-refractivity contribution in [2.45, 2.75) is 38.8 Å². The maximum absolute atomic E-state index is 12.1. The average Bonchev–Trinajstić information content (AvgIpc) is 3.19. The van der Waals surface area contributed by atoms with Crippen LogP contribution in [0.15, 0.2) is 16.9 Å². The quantitative estimate of drug-likeness (QED) is 0.886. The van der Waals surface area contributed by atoms with E-state index in [0.29, 0.717) is 11.6 Å². The highest BCUT2D eigenvalue weighted by molar-refractivity contribution is 6.01. The molecule has 2 aromatic rings. The standard InChI is InChI=1S/C13H18N6O2/c1-8(2)19-7-9(6-15-19)16-12(20)11-17-13(21-18-11)10-4-3-5-14-10/h6-8,10,14H,3-5H2,1-2H3,(H,16,20). The second kappa shape index (κ2) is 5.65. The van der Waals surface area contributed by atoms with Crippen molar-refractivity contribution in [3.63, 3.8) is 0 Å². The molecule has 1 atom stereocenters. The van der Waals surface area contributed by atoms with Crippen molar-refractivity contribution in [2.24, 2.45) is 0 Å². The fourth-order valence-electron chi connectivity index (χ4n) is 2.24. The first kappa shape index (κ1) is 13.7. The molecule has 1 fully saturated rings. The Balaban J connectivity index is 1.67. The molecule has 21 heavy (non-hydrogen) atoms. The molecule has 1 amide bonds. The number of hydrogen-bond donors (Lipinski definition) is 2. The molecule has 0 aliphatic carbocycles. The number of amides is 1. The molecule has 112 valence electrons. The van der Waals surface area contributed by atoms with Gasteiger partial charge in [0.15, 0.2) is 0 Å². The van der Waals surface area contributed by atoms with E-state index in [-0.39, 0.29) is 17.9 Å². The zero-order valence-corrected chi connectivity index (χ0v) is 12.0. The highest BCUT2D eigenvalue weighted by Gasteiger charge is 2.24. The third-order valence-electron chi connectivity index (χ3n) is 3.39. The van der Waals surface area contributed by atoms with Crippen molar-refractivity contribution in [3.05, 3.63) is 24.1 Å². The van der Waals surface area contributed by atoms with Gasteiger partial charge in [0.2, 0.25) is 5.89 Å². The van der Waals surface area contributed by atoms with Crippen LogP contribution < -0.4 is 10.6 Å². The van der Waals surface area contributed by atoms with Gasteiger partial charge in [0.1, 0.15) is 0 Å². The molecule has 1 aliphatic heterocycles. The molecule has 0 saturated carbocycles. The Kier molecular flexibility index (Phi) is 3.70. The Labute approximate surface area is 121 Å². The van der Waals surface area contributed by atoms with Crippen LogP contribution in [-0.2, 0) is 0 Å². The number of anilines is 1. The van der Waals surface area contributed by atoms with E-state index in [9.17, 15) is 4.79 Å². The summed E-state index contributed by atoms with van der Waals surface area (Å²) in [5, 5.41) is 13.9. The van der Waals surface area contributed by atoms with Gasteiger partial charge in [0.25, 0.3) is 11.7 Å². The first-order chi connectivity index (χ1) is 10.1. The van der Waals surface area contributed by atoms with Crippen molar-refractivity contribution >= 4 is 11.6 Å². The van der Waals surface area contributed by atoms with Crippen LogP contribution in [0.2, 0.25) is 0 Å². The zero-order chi connectivity index (χ0) is 14.8. The van der Waals surface area contributed by atoms with Crippen molar-refractivity contribution in [1.29, 1.82) is 0 Å². The number of rotatable bonds is 4. The minimum absolute atomic E-state index is 0.0380. The van der Waals surface area contributed by atoms with Gasteiger partial charge in [-0.2, -0.15) is 10.1 Å². The molecule has 2 N–H and O–H groups in total. The lowest BCUT2D eigenvalue weighted by atomic mass is 10.2. The normalized spacial score (nSPS) is 18.3. The molecule has 0 spiro atoms. The van der Waals surface area contributed by atoms with E-state index in [1.165, 1.54) is 0 Å². The molecule has 1 aliphatic rings. The van der Waals surface area contributed by atoms with Crippen molar-refractivity contribution in [1.82, 2.24) is 25.2 Å². The number of hydrogen-bond acceptors (Lipinski definition) is 6. The van der Waals surface area contributed by atoms with E-state index in [2.05, 4.69) is 25.9 Å². The van der Waals surface area contributed by atoms with Crippen LogP contribution in [-0.4, -0.2) is 32.4 Å². The van der Waals surface area contributed by atoms with Crippen LogP contribution in [0.1, 0.15) is 55.3 Å². The van der Waals surface area contributed by atoms with Gasteiger partial charge >= 0.3 is 0 Å². The van der Waals surface area contributed by atoms with Crippen molar-refractivity contribution in [3.8, 4) is 0 Å². The highest BCUT2D eigenvalue weighted by atomic mass is 16.5. The average molecular weight is 290 g/mol. The molecule has 1 saturated heterocycles. The molecule has 8 heteroatoms.